The zero-order valence-corrected chi connectivity index (χ0v) is 13.2. The van der Waals surface area contributed by atoms with Gasteiger partial charge < -0.3 is 4.74 Å². The quantitative estimate of drug-likeness (QED) is 0.739. The normalized spacial score (nSPS) is 10.1. The fourth-order valence-electron chi connectivity index (χ4n) is 1.98. The van der Waals surface area contributed by atoms with Gasteiger partial charge in [-0.1, -0.05) is 23.5 Å². The average Bonchev–Trinajstić information content (AvgIpc) is 3.02. The van der Waals surface area contributed by atoms with Crippen LogP contribution in [0, 0.1) is 11.3 Å². The van der Waals surface area contributed by atoms with Crippen LogP contribution in [0.1, 0.15) is 15.9 Å². The van der Waals surface area contributed by atoms with E-state index in [0.717, 1.165) is 10.2 Å². The minimum Gasteiger partial charge on any atom is -0.452 e. The molecule has 0 aliphatic rings. The highest BCUT2D eigenvalue weighted by Crippen LogP contribution is 2.25. The number of hydrogen-bond acceptors (Lipinski definition) is 6. The number of amides is 1. The number of nitrogens with one attached hydrogen (secondary N) is 1. The maximum absolute atomic E-state index is 11.9. The molecule has 2 aromatic carbocycles. The maximum atomic E-state index is 11.9. The van der Waals surface area contributed by atoms with Crippen LogP contribution < -0.4 is 5.32 Å². The van der Waals surface area contributed by atoms with Crippen molar-refractivity contribution >= 4 is 38.6 Å². The Balaban J connectivity index is 1.56. The van der Waals surface area contributed by atoms with Crippen LogP contribution in [0.5, 0.6) is 0 Å². The molecule has 0 aliphatic carbocycles. The van der Waals surface area contributed by atoms with Crippen LogP contribution in [0.25, 0.3) is 10.2 Å². The number of fused-ring (bicyclic) bond motifs is 1. The van der Waals surface area contributed by atoms with Crippen LogP contribution in [0.2, 0.25) is 0 Å². The summed E-state index contributed by atoms with van der Waals surface area (Å²) < 4.78 is 5.91. The molecule has 3 rings (SSSR count). The molecule has 0 unspecified atom stereocenters. The monoisotopic (exact) mass is 337 g/mol. The molecule has 0 atom stereocenters. The Kier molecular flexibility index (Phi) is 4.50. The van der Waals surface area contributed by atoms with Crippen molar-refractivity contribution in [2.45, 2.75) is 0 Å². The molecule has 0 aliphatic heterocycles. The number of esters is 1. The molecule has 1 amide bonds. The Morgan fingerprint density at radius 2 is 1.92 bits per heavy atom. The highest BCUT2D eigenvalue weighted by molar-refractivity contribution is 7.22. The van der Waals surface area contributed by atoms with Gasteiger partial charge in [-0.2, -0.15) is 5.26 Å². The summed E-state index contributed by atoms with van der Waals surface area (Å²) in [5.74, 6) is -1.09. The van der Waals surface area contributed by atoms with Gasteiger partial charge in [-0.15, -0.1) is 0 Å². The number of benzene rings is 2. The van der Waals surface area contributed by atoms with Gasteiger partial charge in [-0.25, -0.2) is 9.78 Å². The summed E-state index contributed by atoms with van der Waals surface area (Å²) in [5, 5.41) is 11.8. The number of rotatable bonds is 4. The van der Waals surface area contributed by atoms with E-state index in [4.69, 9.17) is 10.00 Å². The van der Waals surface area contributed by atoms with E-state index < -0.39 is 18.5 Å². The number of anilines is 1. The van der Waals surface area contributed by atoms with Crippen molar-refractivity contribution in [2.24, 2.45) is 0 Å². The molecule has 1 aromatic heterocycles. The van der Waals surface area contributed by atoms with Crippen LogP contribution in [0.3, 0.4) is 0 Å². The number of carbonyl (C=O) groups is 2. The van der Waals surface area contributed by atoms with Crippen molar-refractivity contribution in [3.05, 3.63) is 59.7 Å². The van der Waals surface area contributed by atoms with E-state index in [2.05, 4.69) is 10.3 Å². The number of nitrogens with zero attached hydrogens (tertiary/aromatic N) is 2. The van der Waals surface area contributed by atoms with E-state index >= 15 is 0 Å². The summed E-state index contributed by atoms with van der Waals surface area (Å²) in [6.07, 6.45) is 0. The lowest BCUT2D eigenvalue weighted by atomic mass is 10.1. The van der Waals surface area contributed by atoms with E-state index in [1.807, 2.05) is 30.3 Å². The van der Waals surface area contributed by atoms with Gasteiger partial charge in [-0.05, 0) is 36.4 Å². The lowest BCUT2D eigenvalue weighted by Crippen LogP contribution is -2.20. The molecule has 7 heteroatoms. The number of hydrogen-bond donors (Lipinski definition) is 1. The largest absolute Gasteiger partial charge is 0.452 e. The van der Waals surface area contributed by atoms with Crippen LogP contribution in [-0.4, -0.2) is 23.5 Å². The number of nitriles is 1. The number of carbonyl (C=O) groups excluding carboxylic acids is 2. The van der Waals surface area contributed by atoms with Gasteiger partial charge in [0.1, 0.15) is 0 Å². The Morgan fingerprint density at radius 1 is 1.17 bits per heavy atom. The molecular formula is C17H11N3O3S. The van der Waals surface area contributed by atoms with Crippen molar-refractivity contribution in [1.29, 1.82) is 5.26 Å². The van der Waals surface area contributed by atoms with Gasteiger partial charge in [0.25, 0.3) is 5.91 Å². The zero-order valence-electron chi connectivity index (χ0n) is 12.4. The first-order valence-corrected chi connectivity index (χ1v) is 7.80. The Hall–Kier alpha value is -3.24. The third kappa shape index (κ3) is 3.56. The van der Waals surface area contributed by atoms with E-state index in [0.29, 0.717) is 10.7 Å². The van der Waals surface area contributed by atoms with Gasteiger partial charge >= 0.3 is 5.97 Å². The smallest absolute Gasteiger partial charge is 0.338 e. The first-order chi connectivity index (χ1) is 11.7. The molecule has 118 valence electrons. The van der Waals surface area contributed by atoms with Crippen LogP contribution in [-0.2, 0) is 9.53 Å². The van der Waals surface area contributed by atoms with E-state index in [-0.39, 0.29) is 5.56 Å². The molecule has 0 saturated carbocycles. The first-order valence-electron chi connectivity index (χ1n) is 6.98. The van der Waals surface area contributed by atoms with E-state index in [1.54, 1.807) is 0 Å². The molecule has 24 heavy (non-hydrogen) atoms. The highest BCUT2D eigenvalue weighted by atomic mass is 32.1. The molecular weight excluding hydrogens is 326 g/mol. The van der Waals surface area contributed by atoms with Gasteiger partial charge in [-0.3, -0.25) is 10.1 Å². The molecule has 3 aromatic rings. The molecule has 1 N–H and O–H groups in total. The highest BCUT2D eigenvalue weighted by Gasteiger charge is 2.12. The van der Waals surface area contributed by atoms with Gasteiger partial charge in [0, 0.05) is 0 Å². The zero-order chi connectivity index (χ0) is 16.9. The minimum atomic E-state index is -0.626. The lowest BCUT2D eigenvalue weighted by molar-refractivity contribution is -0.119. The maximum Gasteiger partial charge on any atom is 0.338 e. The van der Waals surface area contributed by atoms with Crippen molar-refractivity contribution < 1.29 is 14.3 Å². The Labute approximate surface area is 141 Å². The predicted octanol–water partition coefficient (Wildman–Crippen LogP) is 2.96. The second-order valence-corrected chi connectivity index (χ2v) is 5.83. The van der Waals surface area contributed by atoms with E-state index in [1.165, 1.54) is 35.6 Å². The molecule has 0 saturated heterocycles. The third-order valence-electron chi connectivity index (χ3n) is 3.12. The summed E-state index contributed by atoms with van der Waals surface area (Å²) in [4.78, 5) is 28.0. The Bertz CT molecular complexity index is 909. The van der Waals surface area contributed by atoms with Gasteiger partial charge in [0.15, 0.2) is 11.7 Å². The molecule has 0 spiro atoms. The summed E-state index contributed by atoms with van der Waals surface area (Å²) in [6.45, 7) is -0.408. The molecule has 0 radical (unpaired) electrons. The van der Waals surface area contributed by atoms with Crippen molar-refractivity contribution in [1.82, 2.24) is 4.98 Å². The van der Waals surface area contributed by atoms with Crippen LogP contribution >= 0.6 is 11.3 Å². The molecule has 0 bridgehead atoms. The van der Waals surface area contributed by atoms with Crippen molar-refractivity contribution in [2.75, 3.05) is 11.9 Å². The summed E-state index contributed by atoms with van der Waals surface area (Å²) in [7, 11) is 0. The number of para-hydroxylation sites is 1. The van der Waals surface area contributed by atoms with Crippen LogP contribution in [0.15, 0.2) is 48.5 Å². The standard InChI is InChI=1S/C17H11N3O3S/c18-9-11-5-7-12(8-6-11)16(22)23-10-15(21)20-17-19-13-3-1-2-4-14(13)24-17/h1-8H,10H2,(H,19,20,21). The van der Waals surface area contributed by atoms with E-state index in [9.17, 15) is 9.59 Å². The van der Waals surface area contributed by atoms with Gasteiger partial charge in [0.05, 0.1) is 27.4 Å². The topological polar surface area (TPSA) is 92.1 Å². The SMILES string of the molecule is N#Cc1ccc(C(=O)OCC(=O)Nc2nc3ccccc3s2)cc1. The lowest BCUT2D eigenvalue weighted by Gasteiger charge is -2.04. The fourth-order valence-corrected chi connectivity index (χ4v) is 2.86. The summed E-state index contributed by atoms with van der Waals surface area (Å²) in [5.41, 5.74) is 1.52. The van der Waals surface area contributed by atoms with Crippen LogP contribution in [0.4, 0.5) is 5.13 Å². The number of ether oxygens (including phenoxy) is 1. The number of aromatic nitrogens is 1. The number of thiazole rings is 1. The second kappa shape index (κ2) is 6.89. The molecule has 0 fully saturated rings. The second-order valence-electron chi connectivity index (χ2n) is 4.80. The average molecular weight is 337 g/mol. The summed E-state index contributed by atoms with van der Waals surface area (Å²) >= 11 is 1.35. The van der Waals surface area contributed by atoms with Crippen molar-refractivity contribution in [3.8, 4) is 6.07 Å². The minimum absolute atomic E-state index is 0.279. The first kappa shape index (κ1) is 15.6. The predicted molar refractivity (Wildman–Crippen MR) is 89.7 cm³/mol. The van der Waals surface area contributed by atoms with Crippen molar-refractivity contribution in [3.63, 3.8) is 0 Å². The van der Waals surface area contributed by atoms with Gasteiger partial charge in [0.2, 0.25) is 0 Å². The third-order valence-corrected chi connectivity index (χ3v) is 4.08. The summed E-state index contributed by atoms with van der Waals surface area (Å²) in [6, 6.07) is 15.5. The fraction of sp³-hybridized carbons (Fsp3) is 0.0588. The molecule has 1 heterocycles. The molecule has 6 nitrogen and oxygen atoms in total. The Morgan fingerprint density at radius 3 is 2.62 bits per heavy atom.